The first-order chi connectivity index (χ1) is 23.1. The van der Waals surface area contributed by atoms with Gasteiger partial charge in [-0.1, -0.05) is 41.9 Å². The molecule has 0 bridgehead atoms. The Morgan fingerprint density at radius 1 is 1.02 bits per heavy atom. The Labute approximate surface area is 284 Å². The molecule has 0 spiro atoms. The molecule has 0 radical (unpaired) electrons. The summed E-state index contributed by atoms with van der Waals surface area (Å²) in [4.78, 5) is 30.3. The number of nitrogens with one attached hydrogen (secondary N) is 1. The molecule has 248 valence electrons. The Bertz CT molecular complexity index is 1870. The number of amides is 1. The number of aliphatic carboxylic acids is 1. The zero-order chi connectivity index (χ0) is 34.4. The highest BCUT2D eigenvalue weighted by Crippen LogP contribution is 2.37. The van der Waals surface area contributed by atoms with Crippen LogP contribution in [0.2, 0.25) is 5.02 Å². The van der Waals surface area contributed by atoms with Crippen molar-refractivity contribution in [2.45, 2.75) is 59.1 Å². The van der Waals surface area contributed by atoms with E-state index in [1.807, 2.05) is 57.2 Å². The summed E-state index contributed by atoms with van der Waals surface area (Å²) in [6.45, 7) is 7.05. The van der Waals surface area contributed by atoms with E-state index in [-0.39, 0.29) is 38.6 Å². The standard InChI is InChI=1S/C37H37ClN4O6/c1-4-41-36(44)31-10-6-9-30(23(31)3)29-8-5-7-26(22(29)2)21-48-35-14-34(47-20-25-11-24(15-39)16-40-17-25)27(12-32(35)38)18-42-19-28(43)13-33(42)37(45)46/h5-12,14,16-17,28,33,43H,4,13,18-21H2,1-3H3,(H,41,44)(H,45,46)/t28-,33+/m1/s1. The number of carboxylic acid groups (broad SMARTS) is 1. The maximum absolute atomic E-state index is 12.6. The van der Waals surface area contributed by atoms with Crippen LogP contribution < -0.4 is 14.8 Å². The van der Waals surface area contributed by atoms with Crippen molar-refractivity contribution >= 4 is 23.5 Å². The topological polar surface area (TPSA) is 145 Å². The number of aliphatic hydroxyl groups excluding tert-OH is 1. The highest BCUT2D eigenvalue weighted by Gasteiger charge is 2.36. The quantitative estimate of drug-likeness (QED) is 0.170. The summed E-state index contributed by atoms with van der Waals surface area (Å²) < 4.78 is 12.5. The minimum absolute atomic E-state index is 0.0947. The van der Waals surface area contributed by atoms with E-state index >= 15 is 0 Å². The Balaban J connectivity index is 1.42. The molecule has 1 amide bonds. The average Bonchev–Trinajstić information content (AvgIpc) is 3.45. The SMILES string of the molecule is CCNC(=O)c1cccc(-c2cccc(COc3cc(OCc4cncc(C#N)c4)c(CN4C[C@H](O)C[C@H]4C(=O)O)cc3Cl)c2C)c1C. The zero-order valence-corrected chi connectivity index (χ0v) is 27.8. The zero-order valence-electron chi connectivity index (χ0n) is 27.0. The van der Waals surface area contributed by atoms with Gasteiger partial charge in [-0.3, -0.25) is 19.5 Å². The van der Waals surface area contributed by atoms with E-state index < -0.39 is 18.1 Å². The van der Waals surface area contributed by atoms with Gasteiger partial charge in [-0.15, -0.1) is 0 Å². The highest BCUT2D eigenvalue weighted by atomic mass is 35.5. The van der Waals surface area contributed by atoms with Crippen LogP contribution in [0, 0.1) is 25.2 Å². The molecule has 0 unspecified atom stereocenters. The van der Waals surface area contributed by atoms with Crippen molar-refractivity contribution in [1.82, 2.24) is 15.2 Å². The van der Waals surface area contributed by atoms with Crippen LogP contribution in [-0.2, 0) is 24.6 Å². The lowest BCUT2D eigenvalue weighted by molar-refractivity contribution is -0.142. The second-order valence-electron chi connectivity index (χ2n) is 11.8. The summed E-state index contributed by atoms with van der Waals surface area (Å²) in [6, 6.07) is 17.9. The van der Waals surface area contributed by atoms with Gasteiger partial charge in [0.05, 0.1) is 16.7 Å². The van der Waals surface area contributed by atoms with E-state index in [0.29, 0.717) is 45.3 Å². The first-order valence-corrected chi connectivity index (χ1v) is 16.0. The minimum atomic E-state index is -1.01. The third-order valence-corrected chi connectivity index (χ3v) is 8.80. The fraction of sp³-hybridized carbons (Fsp3) is 0.297. The lowest BCUT2D eigenvalue weighted by Gasteiger charge is -2.23. The molecular formula is C37H37ClN4O6. The number of carboxylic acids is 1. The predicted octanol–water partition coefficient (Wildman–Crippen LogP) is 5.82. The molecule has 5 rings (SSSR count). The van der Waals surface area contributed by atoms with Gasteiger partial charge in [0.25, 0.3) is 5.91 Å². The van der Waals surface area contributed by atoms with E-state index in [0.717, 1.165) is 27.8 Å². The number of β-amino-alcohol motifs (C(OH)–C–C–N with tert-alkyl or cyclic N) is 1. The molecule has 0 saturated carbocycles. The van der Waals surface area contributed by atoms with Gasteiger partial charge in [-0.05, 0) is 66.8 Å². The van der Waals surface area contributed by atoms with Gasteiger partial charge >= 0.3 is 5.97 Å². The van der Waals surface area contributed by atoms with Gasteiger partial charge in [0, 0.05) is 61.2 Å². The summed E-state index contributed by atoms with van der Waals surface area (Å²) in [7, 11) is 0. The second kappa shape index (κ2) is 15.3. The van der Waals surface area contributed by atoms with Crippen LogP contribution in [0.25, 0.3) is 11.1 Å². The van der Waals surface area contributed by atoms with Crippen LogP contribution in [0.15, 0.2) is 67.0 Å². The van der Waals surface area contributed by atoms with Crippen molar-refractivity contribution in [3.05, 3.63) is 111 Å². The van der Waals surface area contributed by atoms with E-state index in [9.17, 15) is 25.1 Å². The molecule has 1 aliphatic rings. The van der Waals surface area contributed by atoms with Crippen molar-refractivity contribution in [2.24, 2.45) is 0 Å². The van der Waals surface area contributed by atoms with Gasteiger partial charge in [0.15, 0.2) is 0 Å². The van der Waals surface area contributed by atoms with E-state index in [1.165, 1.54) is 6.20 Å². The number of hydrogen-bond acceptors (Lipinski definition) is 8. The molecule has 11 heteroatoms. The normalized spacial score (nSPS) is 15.9. The van der Waals surface area contributed by atoms with Crippen molar-refractivity contribution in [1.29, 1.82) is 5.26 Å². The summed E-state index contributed by atoms with van der Waals surface area (Å²) in [5, 5.41) is 32.4. The van der Waals surface area contributed by atoms with Crippen LogP contribution >= 0.6 is 11.6 Å². The van der Waals surface area contributed by atoms with E-state index in [4.69, 9.17) is 21.1 Å². The first kappa shape index (κ1) is 34.4. The molecule has 1 saturated heterocycles. The number of aromatic nitrogens is 1. The van der Waals surface area contributed by atoms with Gasteiger partial charge in [-0.25, -0.2) is 0 Å². The van der Waals surface area contributed by atoms with Crippen LogP contribution in [0.4, 0.5) is 0 Å². The fourth-order valence-electron chi connectivity index (χ4n) is 5.98. The number of carbonyl (C=O) groups is 2. The fourth-order valence-corrected chi connectivity index (χ4v) is 6.22. The Morgan fingerprint density at radius 3 is 2.48 bits per heavy atom. The smallest absolute Gasteiger partial charge is 0.321 e. The van der Waals surface area contributed by atoms with E-state index in [2.05, 4.69) is 16.4 Å². The summed E-state index contributed by atoms with van der Waals surface area (Å²) in [5.74, 6) is -0.331. The maximum Gasteiger partial charge on any atom is 0.321 e. The third kappa shape index (κ3) is 7.77. The Morgan fingerprint density at radius 2 is 1.75 bits per heavy atom. The Kier molecular flexibility index (Phi) is 11.0. The van der Waals surface area contributed by atoms with Crippen LogP contribution in [0.1, 0.15) is 57.1 Å². The molecule has 3 N–H and O–H groups in total. The van der Waals surface area contributed by atoms with Gasteiger partial charge in [-0.2, -0.15) is 5.26 Å². The highest BCUT2D eigenvalue weighted by molar-refractivity contribution is 6.32. The summed E-state index contributed by atoms with van der Waals surface area (Å²) in [5.41, 5.74) is 7.07. The number of benzene rings is 3. The molecule has 1 aromatic heterocycles. The number of carbonyl (C=O) groups excluding carboxylic acids is 1. The summed E-state index contributed by atoms with van der Waals surface area (Å²) in [6.07, 6.45) is 2.44. The molecule has 1 aliphatic heterocycles. The lowest BCUT2D eigenvalue weighted by Crippen LogP contribution is -2.35. The number of nitriles is 1. The van der Waals surface area contributed by atoms with E-state index in [1.54, 1.807) is 29.3 Å². The van der Waals surface area contributed by atoms with Gasteiger partial charge in [0.1, 0.15) is 36.8 Å². The number of halogens is 1. The molecular weight excluding hydrogens is 632 g/mol. The molecule has 10 nitrogen and oxygen atoms in total. The largest absolute Gasteiger partial charge is 0.488 e. The molecule has 1 fully saturated rings. The number of nitrogens with zero attached hydrogens (tertiary/aromatic N) is 3. The van der Waals surface area contributed by atoms with Crippen molar-refractivity contribution in [2.75, 3.05) is 13.1 Å². The first-order valence-electron chi connectivity index (χ1n) is 15.6. The van der Waals surface area contributed by atoms with Crippen LogP contribution in [0.5, 0.6) is 11.5 Å². The lowest BCUT2D eigenvalue weighted by atomic mass is 9.91. The van der Waals surface area contributed by atoms with Crippen LogP contribution in [0.3, 0.4) is 0 Å². The monoisotopic (exact) mass is 668 g/mol. The number of hydrogen-bond donors (Lipinski definition) is 3. The second-order valence-corrected chi connectivity index (χ2v) is 12.2. The average molecular weight is 669 g/mol. The van der Waals surface area contributed by atoms with Gasteiger partial charge < -0.3 is 25.0 Å². The molecule has 3 aromatic carbocycles. The molecule has 2 heterocycles. The molecule has 4 aromatic rings. The minimum Gasteiger partial charge on any atom is -0.488 e. The third-order valence-electron chi connectivity index (χ3n) is 8.51. The van der Waals surface area contributed by atoms with Crippen molar-refractivity contribution in [3.8, 4) is 28.7 Å². The number of ether oxygens (including phenoxy) is 2. The summed E-state index contributed by atoms with van der Waals surface area (Å²) >= 11 is 6.75. The Hall–Kier alpha value is -4.95. The van der Waals surface area contributed by atoms with Crippen molar-refractivity contribution in [3.63, 3.8) is 0 Å². The van der Waals surface area contributed by atoms with Crippen LogP contribution in [-0.4, -0.2) is 57.2 Å². The van der Waals surface area contributed by atoms with Gasteiger partial charge in [0.2, 0.25) is 0 Å². The van der Waals surface area contributed by atoms with Crippen molar-refractivity contribution < 1.29 is 29.3 Å². The molecule has 2 atom stereocenters. The molecule has 48 heavy (non-hydrogen) atoms. The number of rotatable bonds is 12. The maximum atomic E-state index is 12.6. The number of likely N-dealkylation sites (tertiary alicyclic amines) is 1. The predicted molar refractivity (Wildman–Crippen MR) is 181 cm³/mol. The number of pyridine rings is 1. The number of aliphatic hydroxyl groups is 1. The molecule has 0 aliphatic carbocycles.